The average molecular weight is 523 g/mol. The maximum Gasteiger partial charge on any atom is 0.338 e. The summed E-state index contributed by atoms with van der Waals surface area (Å²) in [5, 5.41) is 0. The third-order valence-corrected chi connectivity index (χ3v) is 8.77. The topological polar surface area (TPSA) is 96.0 Å². The predicted molar refractivity (Wildman–Crippen MR) is 141 cm³/mol. The van der Waals surface area contributed by atoms with Gasteiger partial charge < -0.3 is 14.2 Å². The van der Waals surface area contributed by atoms with Gasteiger partial charge in [0.05, 0.1) is 11.5 Å². The Balaban J connectivity index is 1.87. The van der Waals surface area contributed by atoms with Gasteiger partial charge in [-0.2, -0.15) is 0 Å². The number of esters is 3. The predicted octanol–water partition coefficient (Wildman–Crippen LogP) is 5.24. The molecule has 0 saturated heterocycles. The van der Waals surface area contributed by atoms with E-state index in [0.29, 0.717) is 29.0 Å². The summed E-state index contributed by atoms with van der Waals surface area (Å²) in [6.07, 6.45) is 1.63. The number of allylic oxidation sites excluding steroid dienone is 1. The highest BCUT2D eigenvalue weighted by atomic mass is 16.6. The molecule has 3 aliphatic carbocycles. The van der Waals surface area contributed by atoms with Gasteiger partial charge >= 0.3 is 17.9 Å². The number of carbonyl (C=O) groups is 4. The second-order valence-corrected chi connectivity index (χ2v) is 11.8. The van der Waals surface area contributed by atoms with Crippen molar-refractivity contribution in [2.45, 2.75) is 78.6 Å². The van der Waals surface area contributed by atoms with E-state index in [1.54, 1.807) is 37.3 Å². The number of rotatable bonds is 4. The Bertz CT molecular complexity index is 1180. The van der Waals surface area contributed by atoms with Gasteiger partial charge in [0.25, 0.3) is 0 Å². The summed E-state index contributed by atoms with van der Waals surface area (Å²) in [7, 11) is 0. The Morgan fingerprint density at radius 2 is 1.68 bits per heavy atom. The molecular weight excluding hydrogens is 484 g/mol. The third-order valence-electron chi connectivity index (χ3n) is 8.77. The van der Waals surface area contributed by atoms with Gasteiger partial charge in [-0.15, -0.1) is 0 Å². The largest absolute Gasteiger partial charge is 0.458 e. The molecule has 0 bridgehead atoms. The molecule has 0 N–H and O–H groups in total. The summed E-state index contributed by atoms with van der Waals surface area (Å²) < 4.78 is 17.9. The minimum atomic E-state index is -1.69. The molecule has 0 spiro atoms. The van der Waals surface area contributed by atoms with Crippen LogP contribution in [0.1, 0.15) is 71.2 Å². The van der Waals surface area contributed by atoms with Crippen molar-refractivity contribution in [3.8, 4) is 0 Å². The Hall–Kier alpha value is -3.22. The molecule has 4 rings (SSSR count). The molecule has 2 fully saturated rings. The lowest BCUT2D eigenvalue weighted by atomic mass is 9.76. The maximum absolute atomic E-state index is 14.3. The van der Waals surface area contributed by atoms with Crippen LogP contribution >= 0.6 is 0 Å². The molecule has 0 amide bonds. The molecule has 0 heterocycles. The van der Waals surface area contributed by atoms with Crippen LogP contribution in [0.4, 0.5) is 0 Å². The average Bonchev–Trinajstić information content (AvgIpc) is 3.24. The minimum absolute atomic E-state index is 0.0165. The second-order valence-electron chi connectivity index (χ2n) is 11.8. The number of carbonyl (C=O) groups excluding carboxylic acids is 4. The molecule has 38 heavy (non-hydrogen) atoms. The number of ketones is 1. The molecule has 0 radical (unpaired) electrons. The van der Waals surface area contributed by atoms with Crippen LogP contribution in [0, 0.1) is 29.1 Å². The first kappa shape index (κ1) is 27.8. The van der Waals surface area contributed by atoms with Crippen LogP contribution in [0.15, 0.2) is 54.1 Å². The summed E-state index contributed by atoms with van der Waals surface area (Å²) in [5.74, 6) is -2.89. The lowest BCUT2D eigenvalue weighted by Crippen LogP contribution is -2.55. The van der Waals surface area contributed by atoms with Crippen LogP contribution in [-0.2, 0) is 28.6 Å². The molecule has 0 aliphatic heterocycles. The summed E-state index contributed by atoms with van der Waals surface area (Å²) in [6.45, 7) is 14.8. The van der Waals surface area contributed by atoms with E-state index in [0.717, 1.165) is 6.42 Å². The van der Waals surface area contributed by atoms with Crippen LogP contribution in [0.25, 0.3) is 0 Å². The monoisotopic (exact) mass is 522 g/mol. The maximum atomic E-state index is 14.3. The second kappa shape index (κ2) is 10.2. The first-order valence-electron chi connectivity index (χ1n) is 13.3. The quantitative estimate of drug-likeness (QED) is 0.303. The van der Waals surface area contributed by atoms with E-state index >= 15 is 0 Å². The number of benzene rings is 1. The number of fused-ring (bicyclic) bond motifs is 2. The molecule has 7 heteroatoms. The van der Waals surface area contributed by atoms with Crippen LogP contribution < -0.4 is 0 Å². The fourth-order valence-electron chi connectivity index (χ4n) is 6.80. The van der Waals surface area contributed by atoms with Crippen LogP contribution in [0.2, 0.25) is 0 Å². The standard InChI is InChI=1S/C31H38O7/c1-17-13-14-23-24(30(23,6)7)15-18(2)28(34)31(38-21(5)33)16-19(3)27(25(31)26(17)36-20(4)32)37-29(35)22-11-9-8-10-12-22/h8-12,15,19,23-27H,1,13-14,16H2,2-7H3/t19-,23+,24-,25+,26-,27-,31+/m1/s1. The van der Waals surface area contributed by atoms with Gasteiger partial charge in [0, 0.05) is 20.3 Å². The van der Waals surface area contributed by atoms with E-state index in [2.05, 4.69) is 20.4 Å². The summed E-state index contributed by atoms with van der Waals surface area (Å²) in [6, 6.07) is 8.56. The highest BCUT2D eigenvalue weighted by Crippen LogP contribution is 2.62. The van der Waals surface area contributed by atoms with E-state index in [9.17, 15) is 19.2 Å². The van der Waals surface area contributed by atoms with E-state index < -0.39 is 41.6 Å². The number of hydrogen-bond acceptors (Lipinski definition) is 7. The van der Waals surface area contributed by atoms with Crippen molar-refractivity contribution in [2.75, 3.05) is 0 Å². The number of hydrogen-bond donors (Lipinski definition) is 0. The smallest absolute Gasteiger partial charge is 0.338 e. The Labute approximate surface area is 224 Å². The molecule has 7 nitrogen and oxygen atoms in total. The van der Waals surface area contributed by atoms with Crippen molar-refractivity contribution in [3.05, 3.63) is 59.7 Å². The van der Waals surface area contributed by atoms with Gasteiger partial charge in [-0.3, -0.25) is 14.4 Å². The lowest BCUT2D eigenvalue weighted by molar-refractivity contribution is -0.179. The van der Waals surface area contributed by atoms with Crippen LogP contribution in [0.5, 0.6) is 0 Å². The highest BCUT2D eigenvalue weighted by molar-refractivity contribution is 6.03. The summed E-state index contributed by atoms with van der Waals surface area (Å²) in [4.78, 5) is 52.4. The number of ether oxygens (including phenoxy) is 3. The zero-order chi connectivity index (χ0) is 28.0. The molecule has 1 aromatic rings. The normalized spacial score (nSPS) is 34.1. The van der Waals surface area contributed by atoms with Gasteiger partial charge in [0.15, 0.2) is 5.60 Å². The summed E-state index contributed by atoms with van der Waals surface area (Å²) in [5.41, 5.74) is -0.203. The van der Waals surface area contributed by atoms with Crippen molar-refractivity contribution in [1.82, 2.24) is 0 Å². The van der Waals surface area contributed by atoms with Gasteiger partial charge in [0.1, 0.15) is 12.2 Å². The lowest BCUT2D eigenvalue weighted by Gasteiger charge is -2.39. The van der Waals surface area contributed by atoms with Crippen molar-refractivity contribution < 1.29 is 33.4 Å². The fourth-order valence-corrected chi connectivity index (χ4v) is 6.80. The zero-order valence-corrected chi connectivity index (χ0v) is 23.1. The molecule has 0 aromatic heterocycles. The molecule has 3 aliphatic rings. The van der Waals surface area contributed by atoms with Crippen LogP contribution in [0.3, 0.4) is 0 Å². The SMILES string of the molecule is C=C1CC[C@H]2[C@@H](C=C(C)C(=O)[C@]3(OC(C)=O)C[C@@H](C)[C@@H](OC(=O)c4ccccc4)[C@@H]3[C@@H]1OC(C)=O)C2(C)C. The molecule has 7 atom stereocenters. The van der Waals surface area contributed by atoms with E-state index in [1.807, 2.05) is 13.0 Å². The fraction of sp³-hybridized carbons (Fsp3) is 0.548. The van der Waals surface area contributed by atoms with Crippen molar-refractivity contribution in [3.63, 3.8) is 0 Å². The van der Waals surface area contributed by atoms with Crippen molar-refractivity contribution in [2.24, 2.45) is 29.1 Å². The highest BCUT2D eigenvalue weighted by Gasteiger charge is 2.65. The first-order valence-corrected chi connectivity index (χ1v) is 13.3. The molecule has 1 aromatic carbocycles. The molecule has 2 saturated carbocycles. The zero-order valence-electron chi connectivity index (χ0n) is 23.1. The Kier molecular flexibility index (Phi) is 7.43. The first-order chi connectivity index (χ1) is 17.8. The third kappa shape index (κ3) is 4.95. The van der Waals surface area contributed by atoms with Gasteiger partial charge in [-0.1, -0.05) is 51.6 Å². The minimum Gasteiger partial charge on any atom is -0.458 e. The number of Topliss-reactive ketones (excluding diaryl/α,β-unsaturated/α-hetero) is 1. The van der Waals surface area contributed by atoms with Gasteiger partial charge in [0.2, 0.25) is 5.78 Å². The van der Waals surface area contributed by atoms with E-state index in [-0.39, 0.29) is 29.5 Å². The molecule has 204 valence electrons. The van der Waals surface area contributed by atoms with Gasteiger partial charge in [-0.05, 0) is 66.2 Å². The molecular formula is C31H38O7. The van der Waals surface area contributed by atoms with Crippen molar-refractivity contribution >= 4 is 23.7 Å². The summed E-state index contributed by atoms with van der Waals surface area (Å²) >= 11 is 0. The van der Waals surface area contributed by atoms with Crippen molar-refractivity contribution in [1.29, 1.82) is 0 Å². The van der Waals surface area contributed by atoms with Crippen LogP contribution in [-0.4, -0.2) is 41.5 Å². The van der Waals surface area contributed by atoms with E-state index in [1.165, 1.54) is 13.8 Å². The Morgan fingerprint density at radius 1 is 1.03 bits per heavy atom. The Morgan fingerprint density at radius 3 is 2.29 bits per heavy atom. The van der Waals surface area contributed by atoms with Gasteiger partial charge in [-0.25, -0.2) is 4.79 Å². The van der Waals surface area contributed by atoms with E-state index in [4.69, 9.17) is 14.2 Å². The molecule has 0 unspecified atom stereocenters.